The fourth-order valence-corrected chi connectivity index (χ4v) is 1.72. The van der Waals surface area contributed by atoms with Crippen molar-refractivity contribution in [2.45, 2.75) is 39.7 Å². The van der Waals surface area contributed by atoms with E-state index in [4.69, 9.17) is 0 Å². The fraction of sp³-hybridized carbons (Fsp3) is 0.467. The van der Waals surface area contributed by atoms with Crippen molar-refractivity contribution in [1.29, 1.82) is 0 Å². The third-order valence-electron chi connectivity index (χ3n) is 2.89. The topological polar surface area (TPSA) is 37.4 Å². The third-order valence-corrected chi connectivity index (χ3v) is 2.89. The maximum atomic E-state index is 11.6. The van der Waals surface area contributed by atoms with E-state index in [9.17, 15) is 9.59 Å². The molecule has 0 aliphatic carbocycles. The van der Waals surface area contributed by atoms with Gasteiger partial charge >= 0.3 is 0 Å². The van der Waals surface area contributed by atoms with E-state index in [2.05, 4.69) is 26.0 Å². The minimum absolute atomic E-state index is 0.0133. The molecule has 3 heteroatoms. The van der Waals surface area contributed by atoms with Gasteiger partial charge in [0.2, 0.25) is 5.91 Å². The largest absolute Gasteiger partial charge is 0.341 e. The molecule has 3 nitrogen and oxygen atoms in total. The SMILES string of the molecule is CC(=O)CC(=O)N(C)Cc1ccc(C(C)C)cc1. The highest BCUT2D eigenvalue weighted by molar-refractivity contribution is 5.96. The highest BCUT2D eigenvalue weighted by atomic mass is 16.2. The van der Waals surface area contributed by atoms with Gasteiger partial charge in [-0.3, -0.25) is 9.59 Å². The number of ketones is 1. The Bertz CT molecular complexity index is 421. The van der Waals surface area contributed by atoms with Crippen LogP contribution in [0.3, 0.4) is 0 Å². The summed E-state index contributed by atoms with van der Waals surface area (Å²) in [5.41, 5.74) is 2.37. The third kappa shape index (κ3) is 4.32. The molecule has 1 aromatic carbocycles. The molecule has 0 spiro atoms. The molecule has 0 saturated heterocycles. The second-order valence-electron chi connectivity index (χ2n) is 5.02. The van der Waals surface area contributed by atoms with Gasteiger partial charge in [0, 0.05) is 13.6 Å². The van der Waals surface area contributed by atoms with Crippen LogP contribution in [0.25, 0.3) is 0 Å². The molecule has 0 aliphatic heterocycles. The van der Waals surface area contributed by atoms with E-state index in [-0.39, 0.29) is 18.1 Å². The van der Waals surface area contributed by atoms with Crippen molar-refractivity contribution in [1.82, 2.24) is 4.90 Å². The Morgan fingerprint density at radius 2 is 1.72 bits per heavy atom. The maximum Gasteiger partial charge on any atom is 0.230 e. The first-order valence-corrected chi connectivity index (χ1v) is 6.22. The van der Waals surface area contributed by atoms with Crippen molar-refractivity contribution in [2.75, 3.05) is 7.05 Å². The molecule has 0 atom stereocenters. The quantitative estimate of drug-likeness (QED) is 0.750. The van der Waals surface area contributed by atoms with Crippen LogP contribution in [0, 0.1) is 0 Å². The molecule has 1 amide bonds. The molecule has 0 saturated carbocycles. The van der Waals surface area contributed by atoms with Crippen molar-refractivity contribution in [3.63, 3.8) is 0 Å². The predicted molar refractivity (Wildman–Crippen MR) is 72.3 cm³/mol. The summed E-state index contributed by atoms with van der Waals surface area (Å²) in [6, 6.07) is 8.24. The first kappa shape index (κ1) is 14.4. The molecular formula is C15H21NO2. The molecule has 1 aromatic rings. The van der Waals surface area contributed by atoms with Gasteiger partial charge in [-0.05, 0) is 24.0 Å². The molecule has 1 rings (SSSR count). The van der Waals surface area contributed by atoms with Crippen LogP contribution < -0.4 is 0 Å². The molecule has 18 heavy (non-hydrogen) atoms. The zero-order chi connectivity index (χ0) is 13.7. The molecule has 0 heterocycles. The number of carbonyl (C=O) groups excluding carboxylic acids is 2. The van der Waals surface area contributed by atoms with Crippen LogP contribution in [0.4, 0.5) is 0 Å². The average Bonchev–Trinajstić information content (AvgIpc) is 2.28. The van der Waals surface area contributed by atoms with Gasteiger partial charge < -0.3 is 4.90 Å². The van der Waals surface area contributed by atoms with Gasteiger partial charge in [-0.15, -0.1) is 0 Å². The highest BCUT2D eigenvalue weighted by Crippen LogP contribution is 2.15. The zero-order valence-electron chi connectivity index (χ0n) is 11.6. The van der Waals surface area contributed by atoms with E-state index < -0.39 is 0 Å². The van der Waals surface area contributed by atoms with Crippen LogP contribution >= 0.6 is 0 Å². The number of amides is 1. The van der Waals surface area contributed by atoms with Gasteiger partial charge in [0.15, 0.2) is 0 Å². The van der Waals surface area contributed by atoms with Crippen LogP contribution in [0.2, 0.25) is 0 Å². The smallest absolute Gasteiger partial charge is 0.230 e. The van der Waals surface area contributed by atoms with Gasteiger partial charge in [-0.1, -0.05) is 38.1 Å². The lowest BCUT2D eigenvalue weighted by atomic mass is 10.0. The molecule has 0 unspecified atom stereocenters. The number of Topliss-reactive ketones (excluding diaryl/α,β-unsaturated/α-hetero) is 1. The van der Waals surface area contributed by atoms with E-state index >= 15 is 0 Å². The van der Waals surface area contributed by atoms with E-state index in [0.717, 1.165) is 5.56 Å². The van der Waals surface area contributed by atoms with Gasteiger partial charge in [0.1, 0.15) is 5.78 Å². The summed E-state index contributed by atoms with van der Waals surface area (Å²) in [6.45, 7) is 6.28. The summed E-state index contributed by atoms with van der Waals surface area (Å²) in [5.74, 6) is 0.286. The standard InChI is InChI=1S/C15H21NO2/c1-11(2)14-7-5-13(6-8-14)10-16(4)15(18)9-12(3)17/h5-8,11H,9-10H2,1-4H3. The Hall–Kier alpha value is -1.64. The summed E-state index contributed by atoms with van der Waals surface area (Å²) in [7, 11) is 1.72. The van der Waals surface area contributed by atoms with E-state index in [1.165, 1.54) is 12.5 Å². The van der Waals surface area contributed by atoms with Crippen LogP contribution in [-0.2, 0) is 16.1 Å². The minimum atomic E-state index is -0.129. The van der Waals surface area contributed by atoms with Crippen LogP contribution in [0.15, 0.2) is 24.3 Å². The number of rotatable bonds is 5. The highest BCUT2D eigenvalue weighted by Gasteiger charge is 2.11. The van der Waals surface area contributed by atoms with E-state index in [1.807, 2.05) is 12.1 Å². The lowest BCUT2D eigenvalue weighted by Gasteiger charge is -2.17. The molecule has 0 radical (unpaired) electrons. The molecular weight excluding hydrogens is 226 g/mol. The lowest BCUT2D eigenvalue weighted by molar-refractivity contribution is -0.134. The monoisotopic (exact) mass is 247 g/mol. The summed E-state index contributed by atoms with van der Waals surface area (Å²) in [4.78, 5) is 24.1. The van der Waals surface area contributed by atoms with Crippen LogP contribution in [-0.4, -0.2) is 23.6 Å². The second kappa shape index (κ2) is 6.34. The summed E-state index contributed by atoms with van der Waals surface area (Å²) in [5, 5.41) is 0. The number of hydrogen-bond donors (Lipinski definition) is 0. The van der Waals surface area contributed by atoms with Crippen molar-refractivity contribution in [2.24, 2.45) is 0 Å². The van der Waals surface area contributed by atoms with Crippen LogP contribution in [0.1, 0.15) is 44.2 Å². The van der Waals surface area contributed by atoms with Crippen LogP contribution in [0.5, 0.6) is 0 Å². The Morgan fingerprint density at radius 3 is 2.17 bits per heavy atom. The first-order chi connectivity index (χ1) is 8.40. The predicted octanol–water partition coefficient (Wildman–Crippen LogP) is 2.75. The molecule has 0 aliphatic rings. The number of benzene rings is 1. The molecule has 98 valence electrons. The number of hydrogen-bond acceptors (Lipinski definition) is 2. The van der Waals surface area contributed by atoms with Crippen molar-refractivity contribution < 1.29 is 9.59 Å². The lowest BCUT2D eigenvalue weighted by Crippen LogP contribution is -2.27. The van der Waals surface area contributed by atoms with E-state index in [1.54, 1.807) is 11.9 Å². The zero-order valence-corrected chi connectivity index (χ0v) is 11.6. The first-order valence-electron chi connectivity index (χ1n) is 6.22. The van der Waals surface area contributed by atoms with Gasteiger partial charge in [-0.25, -0.2) is 0 Å². The number of nitrogens with zero attached hydrogens (tertiary/aromatic N) is 1. The maximum absolute atomic E-state index is 11.6. The summed E-state index contributed by atoms with van der Waals surface area (Å²) in [6.07, 6.45) is -0.0133. The van der Waals surface area contributed by atoms with Gasteiger partial charge in [-0.2, -0.15) is 0 Å². The van der Waals surface area contributed by atoms with Crippen molar-refractivity contribution >= 4 is 11.7 Å². The Morgan fingerprint density at radius 1 is 1.17 bits per heavy atom. The van der Waals surface area contributed by atoms with E-state index in [0.29, 0.717) is 12.5 Å². The average molecular weight is 247 g/mol. The number of carbonyl (C=O) groups is 2. The molecule has 0 N–H and O–H groups in total. The summed E-state index contributed by atoms with van der Waals surface area (Å²) >= 11 is 0. The Labute approximate surface area is 109 Å². The van der Waals surface area contributed by atoms with Gasteiger partial charge in [0.05, 0.1) is 6.42 Å². The fourth-order valence-electron chi connectivity index (χ4n) is 1.72. The molecule has 0 bridgehead atoms. The Balaban J connectivity index is 2.61. The van der Waals surface area contributed by atoms with Crippen molar-refractivity contribution in [3.8, 4) is 0 Å². The summed E-state index contributed by atoms with van der Waals surface area (Å²) < 4.78 is 0. The minimum Gasteiger partial charge on any atom is -0.341 e. The molecule has 0 aromatic heterocycles. The van der Waals surface area contributed by atoms with Crippen molar-refractivity contribution in [3.05, 3.63) is 35.4 Å². The molecule has 0 fully saturated rings. The second-order valence-corrected chi connectivity index (χ2v) is 5.02. The Kier molecular flexibility index (Phi) is 5.08. The van der Waals surface area contributed by atoms with Gasteiger partial charge in [0.25, 0.3) is 0 Å². The normalized spacial score (nSPS) is 10.5.